The van der Waals surface area contributed by atoms with Gasteiger partial charge in [-0.3, -0.25) is 4.79 Å². The molecule has 0 saturated heterocycles. The van der Waals surface area contributed by atoms with Crippen LogP contribution in [0.25, 0.3) is 0 Å². The standard InChI is InChI=1S/C12H18N4O/c1-9-14-5-4-11(16-9)8-13-6-7-15-12(17)10-2-3-10/h4-5,10,13H,2-3,6-8H2,1H3,(H,15,17). The maximum atomic E-state index is 11.3. The lowest BCUT2D eigenvalue weighted by molar-refractivity contribution is -0.122. The highest BCUT2D eigenvalue weighted by molar-refractivity contribution is 5.80. The van der Waals surface area contributed by atoms with E-state index in [2.05, 4.69) is 20.6 Å². The molecule has 92 valence electrons. The zero-order valence-corrected chi connectivity index (χ0v) is 10.1. The van der Waals surface area contributed by atoms with Gasteiger partial charge >= 0.3 is 0 Å². The molecule has 1 fully saturated rings. The van der Waals surface area contributed by atoms with E-state index in [-0.39, 0.29) is 5.91 Å². The summed E-state index contributed by atoms with van der Waals surface area (Å²) in [7, 11) is 0. The third-order valence-corrected chi connectivity index (χ3v) is 2.69. The Bertz CT molecular complexity index is 390. The quantitative estimate of drug-likeness (QED) is 0.699. The van der Waals surface area contributed by atoms with E-state index >= 15 is 0 Å². The first kappa shape index (κ1) is 12.0. The van der Waals surface area contributed by atoms with Gasteiger partial charge in [-0.05, 0) is 25.8 Å². The summed E-state index contributed by atoms with van der Waals surface area (Å²) >= 11 is 0. The average molecular weight is 234 g/mol. The van der Waals surface area contributed by atoms with Crippen LogP contribution in [0, 0.1) is 12.8 Å². The number of carbonyl (C=O) groups is 1. The summed E-state index contributed by atoms with van der Waals surface area (Å²) in [4.78, 5) is 19.6. The van der Waals surface area contributed by atoms with Crippen LogP contribution in [-0.2, 0) is 11.3 Å². The molecule has 1 amide bonds. The Labute approximate surface area is 101 Å². The largest absolute Gasteiger partial charge is 0.355 e. The van der Waals surface area contributed by atoms with Crippen LogP contribution >= 0.6 is 0 Å². The highest BCUT2D eigenvalue weighted by Gasteiger charge is 2.28. The summed E-state index contributed by atoms with van der Waals surface area (Å²) in [5, 5.41) is 6.15. The third-order valence-electron chi connectivity index (χ3n) is 2.69. The molecule has 1 aliphatic rings. The predicted octanol–water partition coefficient (Wildman–Crippen LogP) is 0.401. The number of hydrogen-bond acceptors (Lipinski definition) is 4. The molecule has 2 N–H and O–H groups in total. The molecule has 5 heteroatoms. The highest BCUT2D eigenvalue weighted by atomic mass is 16.2. The molecule has 1 heterocycles. The molecule has 0 aromatic carbocycles. The molecular formula is C12H18N4O. The summed E-state index contributed by atoms with van der Waals surface area (Å²) in [6.45, 7) is 4.03. The van der Waals surface area contributed by atoms with Crippen LogP contribution in [-0.4, -0.2) is 29.0 Å². The molecule has 0 atom stereocenters. The molecule has 5 nitrogen and oxygen atoms in total. The first-order chi connectivity index (χ1) is 8.25. The fraction of sp³-hybridized carbons (Fsp3) is 0.583. The van der Waals surface area contributed by atoms with Crippen molar-refractivity contribution in [3.63, 3.8) is 0 Å². The smallest absolute Gasteiger partial charge is 0.223 e. The normalized spacial score (nSPS) is 14.6. The van der Waals surface area contributed by atoms with E-state index < -0.39 is 0 Å². The van der Waals surface area contributed by atoms with E-state index in [4.69, 9.17) is 0 Å². The van der Waals surface area contributed by atoms with Crippen molar-refractivity contribution in [2.75, 3.05) is 13.1 Å². The van der Waals surface area contributed by atoms with Crippen molar-refractivity contribution in [3.8, 4) is 0 Å². The van der Waals surface area contributed by atoms with Crippen LogP contribution in [0.3, 0.4) is 0 Å². The molecule has 1 aliphatic carbocycles. The van der Waals surface area contributed by atoms with E-state index in [0.29, 0.717) is 19.0 Å². The SMILES string of the molecule is Cc1nccc(CNCCNC(=O)C2CC2)n1. The molecule has 0 spiro atoms. The van der Waals surface area contributed by atoms with Gasteiger partial charge in [-0.25, -0.2) is 9.97 Å². The predicted molar refractivity (Wildman–Crippen MR) is 64.2 cm³/mol. The molecule has 0 radical (unpaired) electrons. The van der Waals surface area contributed by atoms with Gasteiger partial charge in [-0.15, -0.1) is 0 Å². The second kappa shape index (κ2) is 5.72. The minimum Gasteiger partial charge on any atom is -0.355 e. The summed E-state index contributed by atoms with van der Waals surface area (Å²) in [6.07, 6.45) is 3.87. The number of nitrogens with zero attached hydrogens (tertiary/aromatic N) is 2. The van der Waals surface area contributed by atoms with Crippen molar-refractivity contribution in [1.29, 1.82) is 0 Å². The molecule has 0 aliphatic heterocycles. The second-order valence-electron chi connectivity index (χ2n) is 4.34. The molecule has 1 aromatic heterocycles. The van der Waals surface area contributed by atoms with Gasteiger partial charge in [-0.2, -0.15) is 0 Å². The number of amides is 1. The van der Waals surface area contributed by atoms with Crippen molar-refractivity contribution in [1.82, 2.24) is 20.6 Å². The first-order valence-corrected chi connectivity index (χ1v) is 6.02. The van der Waals surface area contributed by atoms with Crippen molar-refractivity contribution in [2.24, 2.45) is 5.92 Å². The maximum absolute atomic E-state index is 11.3. The topological polar surface area (TPSA) is 66.9 Å². The van der Waals surface area contributed by atoms with Crippen LogP contribution in [0.2, 0.25) is 0 Å². The van der Waals surface area contributed by atoms with Gasteiger partial charge in [0, 0.05) is 31.7 Å². The second-order valence-corrected chi connectivity index (χ2v) is 4.34. The Morgan fingerprint density at radius 3 is 3.00 bits per heavy atom. The Kier molecular flexibility index (Phi) is 4.03. The molecule has 0 bridgehead atoms. The minimum absolute atomic E-state index is 0.199. The van der Waals surface area contributed by atoms with Crippen molar-refractivity contribution >= 4 is 5.91 Å². The van der Waals surface area contributed by atoms with Crippen LogP contribution in [0.4, 0.5) is 0 Å². The lowest BCUT2D eigenvalue weighted by atomic mass is 10.4. The molecule has 1 saturated carbocycles. The van der Waals surface area contributed by atoms with E-state index in [1.165, 1.54) is 0 Å². The average Bonchev–Trinajstić information content (AvgIpc) is 3.12. The van der Waals surface area contributed by atoms with Gasteiger partial charge in [0.15, 0.2) is 0 Å². The Morgan fingerprint density at radius 2 is 2.29 bits per heavy atom. The number of rotatable bonds is 6. The van der Waals surface area contributed by atoms with Crippen LogP contribution in [0.15, 0.2) is 12.3 Å². The van der Waals surface area contributed by atoms with E-state index in [0.717, 1.165) is 30.9 Å². The summed E-state index contributed by atoms with van der Waals surface area (Å²) in [6, 6.07) is 1.89. The lowest BCUT2D eigenvalue weighted by Crippen LogP contribution is -2.32. The van der Waals surface area contributed by atoms with E-state index in [1.54, 1.807) is 6.20 Å². The zero-order chi connectivity index (χ0) is 12.1. The summed E-state index contributed by atoms with van der Waals surface area (Å²) < 4.78 is 0. The zero-order valence-electron chi connectivity index (χ0n) is 10.1. The molecule has 2 rings (SSSR count). The molecular weight excluding hydrogens is 216 g/mol. The van der Waals surface area contributed by atoms with Crippen LogP contribution < -0.4 is 10.6 Å². The van der Waals surface area contributed by atoms with Gasteiger partial charge in [0.2, 0.25) is 5.91 Å². The fourth-order valence-corrected chi connectivity index (χ4v) is 1.58. The van der Waals surface area contributed by atoms with Gasteiger partial charge in [0.05, 0.1) is 5.69 Å². The number of aryl methyl sites for hydroxylation is 1. The van der Waals surface area contributed by atoms with Crippen LogP contribution in [0.5, 0.6) is 0 Å². The summed E-state index contributed by atoms with van der Waals surface area (Å²) in [5.41, 5.74) is 0.978. The van der Waals surface area contributed by atoms with Gasteiger partial charge < -0.3 is 10.6 Å². The molecule has 17 heavy (non-hydrogen) atoms. The van der Waals surface area contributed by atoms with Gasteiger partial charge in [-0.1, -0.05) is 0 Å². The first-order valence-electron chi connectivity index (χ1n) is 6.02. The van der Waals surface area contributed by atoms with Gasteiger partial charge in [0.1, 0.15) is 5.82 Å². The Morgan fingerprint density at radius 1 is 1.47 bits per heavy atom. The monoisotopic (exact) mass is 234 g/mol. The Hall–Kier alpha value is -1.49. The third kappa shape index (κ3) is 4.11. The number of nitrogens with one attached hydrogen (secondary N) is 2. The number of aromatic nitrogens is 2. The van der Waals surface area contributed by atoms with Crippen molar-refractivity contribution in [3.05, 3.63) is 23.8 Å². The van der Waals surface area contributed by atoms with Crippen molar-refractivity contribution < 1.29 is 4.79 Å². The molecule has 1 aromatic rings. The fourth-order valence-electron chi connectivity index (χ4n) is 1.58. The van der Waals surface area contributed by atoms with E-state index in [9.17, 15) is 4.79 Å². The number of carbonyl (C=O) groups excluding carboxylic acids is 1. The lowest BCUT2D eigenvalue weighted by Gasteiger charge is -2.06. The van der Waals surface area contributed by atoms with Crippen molar-refractivity contribution in [2.45, 2.75) is 26.3 Å². The van der Waals surface area contributed by atoms with E-state index in [1.807, 2.05) is 13.0 Å². The summed E-state index contributed by atoms with van der Waals surface area (Å²) in [5.74, 6) is 1.27. The Balaban J connectivity index is 1.58. The van der Waals surface area contributed by atoms with Crippen LogP contribution in [0.1, 0.15) is 24.4 Å². The highest BCUT2D eigenvalue weighted by Crippen LogP contribution is 2.28. The maximum Gasteiger partial charge on any atom is 0.223 e. The van der Waals surface area contributed by atoms with Gasteiger partial charge in [0.25, 0.3) is 0 Å². The molecule has 0 unspecified atom stereocenters. The number of hydrogen-bond donors (Lipinski definition) is 2. The minimum atomic E-state index is 0.199.